The number of alkyl halides is 3. The van der Waals surface area contributed by atoms with Crippen LogP contribution in [0, 0.1) is 5.82 Å². The topological polar surface area (TPSA) is 131 Å². The number of furan rings is 1. The van der Waals surface area contributed by atoms with Crippen LogP contribution < -0.4 is 10.0 Å². The van der Waals surface area contributed by atoms with Crippen molar-refractivity contribution in [3.63, 3.8) is 0 Å². The summed E-state index contributed by atoms with van der Waals surface area (Å²) in [6.07, 6.45) is -0.671. The third-order valence-electron chi connectivity index (χ3n) is 7.82. The number of sulfonamides is 1. The van der Waals surface area contributed by atoms with E-state index in [-0.39, 0.29) is 50.6 Å². The second kappa shape index (κ2) is 10.8. The fraction of sp³-hybridized carbons (Fsp3) is 0.125. The molecule has 1 amide bonds. The number of hydrogen-bond acceptors (Lipinski definition) is 7. The van der Waals surface area contributed by atoms with Gasteiger partial charge in [-0.25, -0.2) is 17.8 Å². The molecule has 5 aromatic heterocycles. The van der Waals surface area contributed by atoms with E-state index in [2.05, 4.69) is 25.0 Å². The lowest BCUT2D eigenvalue weighted by Gasteiger charge is -2.13. The van der Waals surface area contributed by atoms with E-state index < -0.39 is 33.6 Å². The third kappa shape index (κ3) is 5.08. The van der Waals surface area contributed by atoms with Gasteiger partial charge < -0.3 is 9.73 Å². The highest BCUT2D eigenvalue weighted by Gasteiger charge is 2.33. The van der Waals surface area contributed by atoms with Crippen LogP contribution in [0.4, 0.5) is 23.2 Å². The average Bonchev–Trinajstić information content (AvgIpc) is 3.63. The summed E-state index contributed by atoms with van der Waals surface area (Å²) < 4.78 is 90.1. The monoisotopic (exact) mass is 662 g/mol. The lowest BCUT2D eigenvalue weighted by atomic mass is 10.0. The van der Waals surface area contributed by atoms with Crippen molar-refractivity contribution in [2.75, 3.05) is 17.5 Å². The molecule has 2 N–H and O–H groups in total. The van der Waals surface area contributed by atoms with E-state index in [9.17, 15) is 30.8 Å². The van der Waals surface area contributed by atoms with E-state index in [1.807, 2.05) is 0 Å². The van der Waals surface area contributed by atoms with Crippen molar-refractivity contribution in [3.05, 3.63) is 90.4 Å². The molecule has 0 aliphatic rings. The zero-order valence-corrected chi connectivity index (χ0v) is 25.3. The number of halogens is 4. The molecule has 0 aliphatic heterocycles. The van der Waals surface area contributed by atoms with Crippen molar-refractivity contribution in [2.45, 2.75) is 13.1 Å². The van der Waals surface area contributed by atoms with E-state index in [1.165, 1.54) is 38.4 Å². The number of hydrogen-bond donors (Lipinski definition) is 2. The van der Waals surface area contributed by atoms with Crippen LogP contribution >= 0.6 is 0 Å². The van der Waals surface area contributed by atoms with Crippen molar-refractivity contribution in [1.29, 1.82) is 0 Å². The van der Waals surface area contributed by atoms with Crippen molar-refractivity contribution in [3.8, 4) is 22.6 Å². The van der Waals surface area contributed by atoms with E-state index in [0.717, 1.165) is 18.3 Å². The highest BCUT2D eigenvalue weighted by atomic mass is 32.2. The molecule has 0 fully saturated rings. The van der Waals surface area contributed by atoms with Gasteiger partial charge in [-0.15, -0.1) is 0 Å². The molecule has 0 radical (unpaired) electrons. The molecular weight excluding hydrogens is 640 g/mol. The average molecular weight is 663 g/mol. The van der Waals surface area contributed by atoms with E-state index in [0.29, 0.717) is 27.3 Å². The number of benzene rings is 2. The number of anilines is 1. The van der Waals surface area contributed by atoms with E-state index in [4.69, 9.17) is 4.42 Å². The number of aromatic nitrogens is 4. The molecule has 47 heavy (non-hydrogen) atoms. The number of pyridine rings is 2. The van der Waals surface area contributed by atoms with Crippen LogP contribution in [0.25, 0.3) is 60.9 Å². The first-order valence-electron chi connectivity index (χ1n) is 14.1. The van der Waals surface area contributed by atoms with Gasteiger partial charge in [-0.3, -0.25) is 23.9 Å². The molecule has 0 saturated carbocycles. The fourth-order valence-electron chi connectivity index (χ4n) is 5.50. The summed E-state index contributed by atoms with van der Waals surface area (Å²) in [6.45, 7) is 1.46. The summed E-state index contributed by atoms with van der Waals surface area (Å²) in [5.74, 6) is -1.34. The molecule has 0 spiro atoms. The molecule has 2 aromatic carbocycles. The summed E-state index contributed by atoms with van der Waals surface area (Å²) in [5.41, 5.74) is 1.39. The first-order valence-corrected chi connectivity index (χ1v) is 15.7. The largest absolute Gasteiger partial charge is 0.455 e. The molecule has 0 saturated heterocycles. The van der Waals surface area contributed by atoms with Gasteiger partial charge in [-0.1, -0.05) is 6.07 Å². The maximum atomic E-state index is 14.7. The van der Waals surface area contributed by atoms with Gasteiger partial charge in [-0.05, 0) is 49.4 Å². The molecule has 15 heteroatoms. The molecule has 5 heterocycles. The highest BCUT2D eigenvalue weighted by Crippen LogP contribution is 2.41. The molecule has 0 aliphatic carbocycles. The van der Waals surface area contributed by atoms with Crippen LogP contribution in [0.15, 0.2) is 77.7 Å². The Kier molecular flexibility index (Phi) is 6.89. The minimum Gasteiger partial charge on any atom is -0.455 e. The van der Waals surface area contributed by atoms with Crippen molar-refractivity contribution in [2.24, 2.45) is 0 Å². The lowest BCUT2D eigenvalue weighted by molar-refractivity contribution is -0.141. The number of carbonyl (C=O) groups excluding carboxylic acids is 1. The number of rotatable bonds is 6. The minimum atomic E-state index is -4.67. The van der Waals surface area contributed by atoms with Gasteiger partial charge in [0.2, 0.25) is 10.0 Å². The third-order valence-corrected chi connectivity index (χ3v) is 9.11. The summed E-state index contributed by atoms with van der Waals surface area (Å²) in [4.78, 5) is 25.7. The Bertz CT molecular complexity index is 2510. The quantitative estimate of drug-likeness (QED) is 0.188. The number of fused-ring (bicyclic) bond motifs is 6. The summed E-state index contributed by atoms with van der Waals surface area (Å²) in [7, 11) is -2.46. The maximum Gasteiger partial charge on any atom is 0.433 e. The van der Waals surface area contributed by atoms with Crippen molar-refractivity contribution in [1.82, 2.24) is 24.7 Å². The molecule has 0 unspecified atom stereocenters. The summed E-state index contributed by atoms with van der Waals surface area (Å²) in [6, 6.07) is 12.9. The van der Waals surface area contributed by atoms with E-state index >= 15 is 0 Å². The van der Waals surface area contributed by atoms with Crippen molar-refractivity contribution >= 4 is 59.9 Å². The van der Waals surface area contributed by atoms with Gasteiger partial charge in [0.15, 0.2) is 0 Å². The summed E-state index contributed by atoms with van der Waals surface area (Å²) >= 11 is 0. The second-order valence-electron chi connectivity index (χ2n) is 10.6. The smallest absolute Gasteiger partial charge is 0.433 e. The molecular formula is C32H22F4N6O4S. The first-order chi connectivity index (χ1) is 22.4. The molecule has 238 valence electrons. The van der Waals surface area contributed by atoms with Crippen LogP contribution in [-0.2, 0) is 16.2 Å². The predicted molar refractivity (Wildman–Crippen MR) is 168 cm³/mol. The summed E-state index contributed by atoms with van der Waals surface area (Å²) in [5, 5.41) is 3.73. The van der Waals surface area contributed by atoms with Crippen LogP contribution in [-0.4, -0.2) is 46.5 Å². The zero-order valence-electron chi connectivity index (χ0n) is 24.5. The standard InChI is InChI=1S/C32H22F4N6O4S/c1-3-47(44,45)41-23-12-27-20(29(31(43)37-2)30(46-27)16-7-8-28(39-13-16)32(34,35)36)9-18(23)22-10-19-24(14-38-22)40-15-42-25-6-4-5-21(33)17(25)11-26(19)42/h4-15,41H,3H2,1-2H3,(H,37,43). The number of nitrogens with one attached hydrogen (secondary N) is 2. The van der Waals surface area contributed by atoms with Gasteiger partial charge in [0.25, 0.3) is 5.91 Å². The lowest BCUT2D eigenvalue weighted by Crippen LogP contribution is -2.18. The molecule has 10 nitrogen and oxygen atoms in total. The van der Waals surface area contributed by atoms with Gasteiger partial charge >= 0.3 is 6.18 Å². The highest BCUT2D eigenvalue weighted by molar-refractivity contribution is 7.92. The van der Waals surface area contributed by atoms with Gasteiger partial charge in [0.05, 0.1) is 45.4 Å². The Morgan fingerprint density at radius 3 is 2.47 bits per heavy atom. The Morgan fingerprint density at radius 1 is 0.957 bits per heavy atom. The van der Waals surface area contributed by atoms with Crippen LogP contribution in [0.3, 0.4) is 0 Å². The Balaban J connectivity index is 1.49. The van der Waals surface area contributed by atoms with E-state index in [1.54, 1.807) is 35.0 Å². The second-order valence-corrected chi connectivity index (χ2v) is 12.6. The van der Waals surface area contributed by atoms with Crippen LogP contribution in [0.5, 0.6) is 0 Å². The fourth-order valence-corrected chi connectivity index (χ4v) is 6.15. The number of nitrogens with zero attached hydrogens (tertiary/aromatic N) is 4. The number of carbonyl (C=O) groups is 1. The van der Waals surface area contributed by atoms with Gasteiger partial charge in [0, 0.05) is 46.6 Å². The van der Waals surface area contributed by atoms with Crippen LogP contribution in [0.2, 0.25) is 0 Å². The first kappa shape index (κ1) is 30.1. The predicted octanol–water partition coefficient (Wildman–Crippen LogP) is 6.79. The normalized spacial score (nSPS) is 12.4. The molecule has 0 bridgehead atoms. The van der Waals surface area contributed by atoms with Gasteiger partial charge in [-0.2, -0.15) is 13.2 Å². The van der Waals surface area contributed by atoms with Crippen molar-refractivity contribution < 1.29 is 35.2 Å². The molecule has 7 aromatic rings. The van der Waals surface area contributed by atoms with Crippen LogP contribution in [0.1, 0.15) is 23.0 Å². The molecule has 7 rings (SSSR count). The Labute approximate surface area is 263 Å². The SMILES string of the molecule is CCS(=O)(=O)Nc1cc2oc(-c3ccc(C(F)(F)F)nc3)c(C(=O)NC)c2cc1-c1cc2c(cn1)ncn1c3cccc(F)c3cc21. The maximum absolute atomic E-state index is 14.7. The minimum absolute atomic E-state index is 0.00614. The molecule has 0 atom stereocenters. The number of amides is 1. The van der Waals surface area contributed by atoms with Gasteiger partial charge in [0.1, 0.15) is 29.2 Å². The zero-order chi connectivity index (χ0) is 33.2. The Hall–Kier alpha value is -5.57. The Morgan fingerprint density at radius 2 is 1.77 bits per heavy atom.